The molecule has 0 bridgehead atoms. The number of nitrogens with one attached hydrogen (secondary N) is 2. The van der Waals surface area contributed by atoms with Gasteiger partial charge in [-0.25, -0.2) is 8.42 Å². The molecule has 0 saturated carbocycles. The van der Waals surface area contributed by atoms with E-state index in [0.29, 0.717) is 23.1 Å². The average molecular weight is 427 g/mol. The molecule has 0 aliphatic heterocycles. The number of hydrogen-bond acceptors (Lipinski definition) is 3. The molecule has 4 aromatic rings. The molecule has 0 atom stereocenters. The first kappa shape index (κ1) is 19.4. The molecule has 0 fully saturated rings. The lowest BCUT2D eigenvalue weighted by Crippen LogP contribution is -2.12. The van der Waals surface area contributed by atoms with E-state index in [1.54, 1.807) is 24.3 Å². The molecule has 5 nitrogen and oxygen atoms in total. The predicted molar refractivity (Wildman–Crippen MR) is 117 cm³/mol. The van der Waals surface area contributed by atoms with Crippen LogP contribution in [0.4, 0.5) is 5.69 Å². The van der Waals surface area contributed by atoms with Crippen molar-refractivity contribution in [3.63, 3.8) is 0 Å². The van der Waals surface area contributed by atoms with Gasteiger partial charge in [-0.15, -0.1) is 0 Å². The second kappa shape index (κ2) is 7.81. The van der Waals surface area contributed by atoms with Crippen molar-refractivity contribution in [2.75, 3.05) is 11.3 Å². The molecule has 0 aliphatic rings. The second-order valence-corrected chi connectivity index (χ2v) is 8.62. The second-order valence-electron chi connectivity index (χ2n) is 6.50. The minimum atomic E-state index is -3.68. The Morgan fingerprint density at radius 2 is 1.69 bits per heavy atom. The summed E-state index contributed by atoms with van der Waals surface area (Å²) in [6, 6.07) is 21.2. The van der Waals surface area contributed by atoms with Crippen LogP contribution in [0.25, 0.3) is 22.2 Å². The van der Waals surface area contributed by atoms with Crippen molar-refractivity contribution >= 4 is 38.2 Å². The highest BCUT2D eigenvalue weighted by atomic mass is 35.5. The Kier molecular flexibility index (Phi) is 5.22. The molecule has 0 spiro atoms. The summed E-state index contributed by atoms with van der Waals surface area (Å²) >= 11 is 6.05. The van der Waals surface area contributed by atoms with Gasteiger partial charge in [-0.05, 0) is 73.2 Å². The van der Waals surface area contributed by atoms with Gasteiger partial charge in [-0.2, -0.15) is 0 Å². The van der Waals surface area contributed by atoms with E-state index >= 15 is 0 Å². The predicted octanol–water partition coefficient (Wildman–Crippen LogP) is 5.69. The van der Waals surface area contributed by atoms with E-state index in [1.165, 1.54) is 12.1 Å². The summed E-state index contributed by atoms with van der Waals surface area (Å²) < 4.78 is 33.2. The summed E-state index contributed by atoms with van der Waals surface area (Å²) in [7, 11) is -3.68. The molecule has 1 aromatic heterocycles. The maximum Gasteiger partial charge on any atom is 0.261 e. The number of fused-ring (bicyclic) bond motifs is 1. The molecule has 7 heteroatoms. The molecule has 0 saturated heterocycles. The number of benzene rings is 3. The van der Waals surface area contributed by atoms with Gasteiger partial charge in [0, 0.05) is 27.3 Å². The highest BCUT2D eigenvalue weighted by Gasteiger charge is 2.14. The van der Waals surface area contributed by atoms with Crippen molar-refractivity contribution in [3.05, 3.63) is 77.8 Å². The van der Waals surface area contributed by atoms with Crippen molar-refractivity contribution in [2.24, 2.45) is 0 Å². The van der Waals surface area contributed by atoms with Crippen LogP contribution in [0.1, 0.15) is 6.92 Å². The highest BCUT2D eigenvalue weighted by Crippen LogP contribution is 2.28. The zero-order valence-corrected chi connectivity index (χ0v) is 17.2. The minimum Gasteiger partial charge on any atom is -0.494 e. The number of sulfonamides is 1. The number of halogens is 1. The first-order valence-electron chi connectivity index (χ1n) is 9.09. The molecule has 148 valence electrons. The summed E-state index contributed by atoms with van der Waals surface area (Å²) in [6.07, 6.45) is 0. The number of anilines is 1. The molecule has 4 rings (SSSR count). The summed E-state index contributed by atoms with van der Waals surface area (Å²) in [5.41, 5.74) is 3.36. The van der Waals surface area contributed by atoms with Crippen LogP contribution in [-0.2, 0) is 10.0 Å². The maximum absolute atomic E-state index is 12.6. The van der Waals surface area contributed by atoms with E-state index in [4.69, 9.17) is 16.3 Å². The van der Waals surface area contributed by atoms with Gasteiger partial charge in [0.25, 0.3) is 10.0 Å². The Labute approximate surface area is 174 Å². The van der Waals surface area contributed by atoms with Crippen molar-refractivity contribution in [1.29, 1.82) is 0 Å². The first-order chi connectivity index (χ1) is 13.9. The molecule has 3 aromatic carbocycles. The average Bonchev–Trinajstić information content (AvgIpc) is 3.12. The van der Waals surface area contributed by atoms with Crippen LogP contribution >= 0.6 is 11.6 Å². The Balaban J connectivity index is 1.53. The molecule has 29 heavy (non-hydrogen) atoms. The lowest BCUT2D eigenvalue weighted by atomic mass is 10.1. The fourth-order valence-corrected chi connectivity index (χ4v) is 4.31. The fraction of sp³-hybridized carbons (Fsp3) is 0.0909. The Bertz CT molecular complexity index is 1250. The molecular weight excluding hydrogens is 408 g/mol. The maximum atomic E-state index is 12.6. The van der Waals surface area contributed by atoms with E-state index in [9.17, 15) is 8.42 Å². The largest absolute Gasteiger partial charge is 0.494 e. The van der Waals surface area contributed by atoms with Crippen LogP contribution in [0.15, 0.2) is 77.7 Å². The van der Waals surface area contributed by atoms with Gasteiger partial charge in [0.2, 0.25) is 0 Å². The van der Waals surface area contributed by atoms with E-state index in [0.717, 1.165) is 22.2 Å². The molecule has 2 N–H and O–H groups in total. The molecule has 0 radical (unpaired) electrons. The third kappa shape index (κ3) is 4.23. The van der Waals surface area contributed by atoms with Gasteiger partial charge >= 0.3 is 0 Å². The highest BCUT2D eigenvalue weighted by molar-refractivity contribution is 7.92. The lowest BCUT2D eigenvalue weighted by Gasteiger charge is -2.09. The fourth-order valence-electron chi connectivity index (χ4n) is 3.07. The van der Waals surface area contributed by atoms with E-state index < -0.39 is 10.0 Å². The minimum absolute atomic E-state index is 0.178. The van der Waals surface area contributed by atoms with Gasteiger partial charge in [-0.1, -0.05) is 23.7 Å². The van der Waals surface area contributed by atoms with Gasteiger partial charge in [0.15, 0.2) is 0 Å². The molecule has 1 heterocycles. The number of H-pyrrole nitrogens is 1. The van der Waals surface area contributed by atoms with Gasteiger partial charge in [0.1, 0.15) is 5.75 Å². The molecular formula is C22H19ClN2O3S. The summed E-state index contributed by atoms with van der Waals surface area (Å²) in [5.74, 6) is 0.635. The molecule has 0 amide bonds. The van der Waals surface area contributed by atoms with Crippen LogP contribution in [-0.4, -0.2) is 20.0 Å². The van der Waals surface area contributed by atoms with E-state index in [-0.39, 0.29) is 4.90 Å². The number of aromatic nitrogens is 1. The first-order valence-corrected chi connectivity index (χ1v) is 10.9. The Hall–Kier alpha value is -2.96. The van der Waals surface area contributed by atoms with E-state index in [2.05, 4.69) is 9.71 Å². The number of ether oxygens (including phenoxy) is 1. The van der Waals surface area contributed by atoms with Gasteiger partial charge in [0.05, 0.1) is 11.5 Å². The monoisotopic (exact) mass is 426 g/mol. The van der Waals surface area contributed by atoms with Crippen molar-refractivity contribution < 1.29 is 13.2 Å². The summed E-state index contributed by atoms with van der Waals surface area (Å²) in [4.78, 5) is 3.52. The molecule has 0 unspecified atom stereocenters. The SMILES string of the molecule is CCOc1ccc(S(=O)(=O)Nc2ccc(-c3cc4cc(Cl)ccc4[nH]3)cc2)cc1. The molecule has 0 aliphatic carbocycles. The third-order valence-corrected chi connectivity index (χ3v) is 6.11. The van der Waals surface area contributed by atoms with Crippen molar-refractivity contribution in [3.8, 4) is 17.0 Å². The van der Waals surface area contributed by atoms with Crippen LogP contribution in [0.2, 0.25) is 5.02 Å². The number of aromatic amines is 1. The quantitative estimate of drug-likeness (QED) is 0.416. The normalized spacial score (nSPS) is 11.5. The topological polar surface area (TPSA) is 71.2 Å². The van der Waals surface area contributed by atoms with Gasteiger partial charge < -0.3 is 9.72 Å². The third-order valence-electron chi connectivity index (χ3n) is 4.48. The zero-order chi connectivity index (χ0) is 20.4. The van der Waals surface area contributed by atoms with Crippen LogP contribution < -0.4 is 9.46 Å². The number of hydrogen-bond donors (Lipinski definition) is 2. The van der Waals surface area contributed by atoms with Crippen LogP contribution in [0, 0.1) is 0 Å². The van der Waals surface area contributed by atoms with Crippen molar-refractivity contribution in [2.45, 2.75) is 11.8 Å². The standard InChI is InChI=1S/C22H19ClN2O3S/c1-2-28-19-8-10-20(11-9-19)29(26,27)25-18-6-3-15(4-7-18)22-14-16-13-17(23)5-12-21(16)24-22/h3-14,24-25H,2H2,1H3. The zero-order valence-electron chi connectivity index (χ0n) is 15.6. The van der Waals surface area contributed by atoms with Crippen LogP contribution in [0.3, 0.4) is 0 Å². The van der Waals surface area contributed by atoms with Crippen LogP contribution in [0.5, 0.6) is 5.75 Å². The summed E-state index contributed by atoms with van der Waals surface area (Å²) in [6.45, 7) is 2.40. The smallest absolute Gasteiger partial charge is 0.261 e. The van der Waals surface area contributed by atoms with E-state index in [1.807, 2.05) is 43.3 Å². The number of rotatable bonds is 6. The lowest BCUT2D eigenvalue weighted by molar-refractivity contribution is 0.340. The Morgan fingerprint density at radius 3 is 2.38 bits per heavy atom. The van der Waals surface area contributed by atoms with Crippen molar-refractivity contribution in [1.82, 2.24) is 4.98 Å². The van der Waals surface area contributed by atoms with Gasteiger partial charge in [-0.3, -0.25) is 4.72 Å². The summed E-state index contributed by atoms with van der Waals surface area (Å²) in [5, 5.41) is 1.70. The Morgan fingerprint density at radius 1 is 0.966 bits per heavy atom.